The van der Waals surface area contributed by atoms with Gasteiger partial charge in [0.25, 0.3) is 5.91 Å². The van der Waals surface area contributed by atoms with Crippen LogP contribution >= 0.6 is 0 Å². The summed E-state index contributed by atoms with van der Waals surface area (Å²) in [5, 5.41) is 0. The Labute approximate surface area is 153 Å². The van der Waals surface area contributed by atoms with Gasteiger partial charge in [0.2, 0.25) is 11.8 Å². The van der Waals surface area contributed by atoms with E-state index in [1.54, 1.807) is 0 Å². The largest absolute Gasteiger partial charge is 0.369 e. The molecule has 0 radical (unpaired) electrons. The predicted molar refractivity (Wildman–Crippen MR) is 97.3 cm³/mol. The number of amides is 3. The van der Waals surface area contributed by atoms with Crippen molar-refractivity contribution >= 4 is 17.7 Å². The van der Waals surface area contributed by atoms with Crippen LogP contribution in [0, 0.1) is 5.92 Å². The third kappa shape index (κ3) is 4.40. The van der Waals surface area contributed by atoms with Crippen LogP contribution in [-0.2, 0) is 9.59 Å². The number of piperidine rings is 1. The van der Waals surface area contributed by atoms with Crippen molar-refractivity contribution < 1.29 is 14.4 Å². The molecule has 26 heavy (non-hydrogen) atoms. The number of benzene rings is 1. The minimum absolute atomic E-state index is 0.0464. The summed E-state index contributed by atoms with van der Waals surface area (Å²) >= 11 is 0. The van der Waals surface area contributed by atoms with Crippen LogP contribution < -0.4 is 5.73 Å². The highest BCUT2D eigenvalue weighted by atomic mass is 16.2. The van der Waals surface area contributed by atoms with Crippen LogP contribution in [0.25, 0.3) is 0 Å². The maximum Gasteiger partial charge on any atom is 0.253 e. The van der Waals surface area contributed by atoms with E-state index in [0.29, 0.717) is 64.2 Å². The molecule has 3 amide bonds. The molecule has 0 atom stereocenters. The quantitative estimate of drug-likeness (QED) is 0.831. The van der Waals surface area contributed by atoms with Gasteiger partial charge in [-0.05, 0) is 25.0 Å². The molecule has 0 aromatic heterocycles. The molecule has 2 N–H and O–H groups in total. The number of rotatable bonds is 4. The maximum absolute atomic E-state index is 12.5. The molecule has 0 bridgehead atoms. The lowest BCUT2D eigenvalue weighted by Gasteiger charge is -2.36. The molecule has 0 saturated carbocycles. The Morgan fingerprint density at radius 3 is 2.08 bits per heavy atom. The molecule has 2 heterocycles. The fourth-order valence-electron chi connectivity index (χ4n) is 3.58. The molecule has 7 heteroatoms. The second-order valence-corrected chi connectivity index (χ2v) is 6.99. The Kier molecular flexibility index (Phi) is 5.88. The minimum atomic E-state index is -0.267. The number of carbonyl (C=O) groups is 3. The number of nitrogens with two attached hydrogens (primary N) is 1. The van der Waals surface area contributed by atoms with Gasteiger partial charge in [0.05, 0.1) is 6.54 Å². The summed E-state index contributed by atoms with van der Waals surface area (Å²) in [4.78, 5) is 41.9. The lowest BCUT2D eigenvalue weighted by Crippen LogP contribution is -2.52. The number of carbonyl (C=O) groups excluding carboxylic acids is 3. The fourth-order valence-corrected chi connectivity index (χ4v) is 3.58. The van der Waals surface area contributed by atoms with Gasteiger partial charge in [0, 0.05) is 50.7 Å². The van der Waals surface area contributed by atoms with Crippen LogP contribution in [0.3, 0.4) is 0 Å². The average molecular weight is 358 g/mol. The number of hydrogen-bond donors (Lipinski definition) is 1. The number of primary amides is 1. The molecule has 140 valence electrons. The molecule has 2 aliphatic rings. The maximum atomic E-state index is 12.5. The smallest absolute Gasteiger partial charge is 0.253 e. The highest BCUT2D eigenvalue weighted by molar-refractivity contribution is 5.94. The second kappa shape index (κ2) is 8.31. The first-order valence-corrected chi connectivity index (χ1v) is 9.18. The fraction of sp³-hybridized carbons (Fsp3) is 0.526. The lowest BCUT2D eigenvalue weighted by atomic mass is 9.96. The van der Waals surface area contributed by atoms with Crippen molar-refractivity contribution in [3.8, 4) is 0 Å². The van der Waals surface area contributed by atoms with E-state index in [2.05, 4.69) is 4.90 Å². The van der Waals surface area contributed by atoms with E-state index in [1.165, 1.54) is 0 Å². The van der Waals surface area contributed by atoms with Crippen molar-refractivity contribution in [1.29, 1.82) is 0 Å². The molecular weight excluding hydrogens is 332 g/mol. The van der Waals surface area contributed by atoms with Gasteiger partial charge in [-0.25, -0.2) is 0 Å². The molecular formula is C19H26N4O3. The van der Waals surface area contributed by atoms with E-state index in [4.69, 9.17) is 5.73 Å². The minimum Gasteiger partial charge on any atom is -0.369 e. The summed E-state index contributed by atoms with van der Waals surface area (Å²) in [6.07, 6.45) is 1.31. The van der Waals surface area contributed by atoms with E-state index < -0.39 is 0 Å². The molecule has 2 saturated heterocycles. The van der Waals surface area contributed by atoms with Gasteiger partial charge in [0.15, 0.2) is 0 Å². The zero-order valence-electron chi connectivity index (χ0n) is 15.0. The molecule has 1 aromatic rings. The molecule has 3 rings (SSSR count). The average Bonchev–Trinajstić information content (AvgIpc) is 2.68. The summed E-state index contributed by atoms with van der Waals surface area (Å²) < 4.78 is 0. The van der Waals surface area contributed by atoms with Crippen molar-refractivity contribution in [3.05, 3.63) is 35.9 Å². The first-order chi connectivity index (χ1) is 12.5. The first kappa shape index (κ1) is 18.4. The standard InChI is InChI=1S/C19H26N4O3/c20-18(25)15-6-8-22(9-7-15)17(24)14-21-10-12-23(13-11-21)19(26)16-4-2-1-3-5-16/h1-5,15H,6-14H2,(H2,20,25). The number of hydrogen-bond acceptors (Lipinski definition) is 4. The third-order valence-corrected chi connectivity index (χ3v) is 5.29. The SMILES string of the molecule is NC(=O)C1CCN(C(=O)CN2CCN(C(=O)c3ccccc3)CC2)CC1. The highest BCUT2D eigenvalue weighted by Crippen LogP contribution is 2.17. The summed E-state index contributed by atoms with van der Waals surface area (Å²) in [6, 6.07) is 9.28. The Morgan fingerprint density at radius 1 is 0.885 bits per heavy atom. The van der Waals surface area contributed by atoms with Crippen molar-refractivity contribution in [2.45, 2.75) is 12.8 Å². The number of piperazine rings is 1. The Balaban J connectivity index is 1.43. The lowest BCUT2D eigenvalue weighted by molar-refractivity contribution is -0.136. The van der Waals surface area contributed by atoms with Crippen LogP contribution in [0.2, 0.25) is 0 Å². The highest BCUT2D eigenvalue weighted by Gasteiger charge is 2.28. The summed E-state index contributed by atoms with van der Waals surface area (Å²) in [7, 11) is 0. The van der Waals surface area contributed by atoms with E-state index in [1.807, 2.05) is 40.1 Å². The Hall–Kier alpha value is -2.41. The van der Waals surface area contributed by atoms with Gasteiger partial charge >= 0.3 is 0 Å². The van der Waals surface area contributed by atoms with E-state index in [0.717, 1.165) is 0 Å². The van der Waals surface area contributed by atoms with Gasteiger partial charge in [-0.2, -0.15) is 0 Å². The second-order valence-electron chi connectivity index (χ2n) is 6.99. The molecule has 7 nitrogen and oxygen atoms in total. The van der Waals surface area contributed by atoms with Crippen LogP contribution in [0.15, 0.2) is 30.3 Å². The van der Waals surface area contributed by atoms with Gasteiger partial charge < -0.3 is 15.5 Å². The van der Waals surface area contributed by atoms with Gasteiger partial charge in [-0.3, -0.25) is 19.3 Å². The van der Waals surface area contributed by atoms with Crippen molar-refractivity contribution in [2.24, 2.45) is 11.7 Å². The monoisotopic (exact) mass is 358 g/mol. The molecule has 1 aromatic carbocycles. The van der Waals surface area contributed by atoms with E-state index in [9.17, 15) is 14.4 Å². The zero-order valence-corrected chi connectivity index (χ0v) is 15.0. The molecule has 2 aliphatic heterocycles. The van der Waals surface area contributed by atoms with E-state index >= 15 is 0 Å². The van der Waals surface area contributed by atoms with Crippen LogP contribution in [-0.4, -0.2) is 78.2 Å². The van der Waals surface area contributed by atoms with Crippen molar-refractivity contribution in [1.82, 2.24) is 14.7 Å². The topological polar surface area (TPSA) is 86.9 Å². The summed E-state index contributed by atoms with van der Waals surface area (Å²) in [5.74, 6) is -0.233. The molecule has 0 unspecified atom stereocenters. The number of nitrogens with zero attached hydrogens (tertiary/aromatic N) is 3. The zero-order chi connectivity index (χ0) is 18.5. The third-order valence-electron chi connectivity index (χ3n) is 5.29. The summed E-state index contributed by atoms with van der Waals surface area (Å²) in [5.41, 5.74) is 6.04. The Bertz CT molecular complexity index is 648. The number of likely N-dealkylation sites (tertiary alicyclic amines) is 1. The van der Waals surface area contributed by atoms with Crippen molar-refractivity contribution in [2.75, 3.05) is 45.8 Å². The van der Waals surface area contributed by atoms with Gasteiger partial charge in [-0.15, -0.1) is 0 Å². The Morgan fingerprint density at radius 2 is 1.50 bits per heavy atom. The predicted octanol–water partition coefficient (Wildman–Crippen LogP) is 0.168. The van der Waals surface area contributed by atoms with Crippen LogP contribution in [0.5, 0.6) is 0 Å². The van der Waals surface area contributed by atoms with Crippen molar-refractivity contribution in [3.63, 3.8) is 0 Å². The van der Waals surface area contributed by atoms with Gasteiger partial charge in [-0.1, -0.05) is 18.2 Å². The van der Waals surface area contributed by atoms with E-state index in [-0.39, 0.29) is 23.6 Å². The molecule has 0 aliphatic carbocycles. The normalized spacial score (nSPS) is 19.4. The van der Waals surface area contributed by atoms with Crippen LogP contribution in [0.4, 0.5) is 0 Å². The summed E-state index contributed by atoms with van der Waals surface area (Å²) in [6.45, 7) is 4.21. The molecule has 2 fully saturated rings. The molecule has 0 spiro atoms. The van der Waals surface area contributed by atoms with Crippen LogP contribution in [0.1, 0.15) is 23.2 Å². The first-order valence-electron chi connectivity index (χ1n) is 9.18. The van der Waals surface area contributed by atoms with Gasteiger partial charge in [0.1, 0.15) is 0 Å².